The lowest BCUT2D eigenvalue weighted by Crippen LogP contribution is -2.35. The number of hydrogen-bond acceptors (Lipinski definition) is 2. The zero-order chi connectivity index (χ0) is 13.0. The van der Waals surface area contributed by atoms with E-state index in [2.05, 4.69) is 31.0 Å². The van der Waals surface area contributed by atoms with Crippen molar-refractivity contribution in [3.8, 4) is 0 Å². The van der Waals surface area contributed by atoms with E-state index < -0.39 is 0 Å². The van der Waals surface area contributed by atoms with E-state index in [1.807, 2.05) is 0 Å². The highest BCUT2D eigenvalue weighted by Gasteiger charge is 2.30. The quantitative estimate of drug-likeness (QED) is 0.812. The molecule has 106 valence electrons. The van der Waals surface area contributed by atoms with Crippen LogP contribution in [-0.4, -0.2) is 37.6 Å². The highest BCUT2D eigenvalue weighted by Crippen LogP contribution is 2.39. The van der Waals surface area contributed by atoms with Gasteiger partial charge in [-0.1, -0.05) is 20.8 Å². The van der Waals surface area contributed by atoms with Crippen LogP contribution in [0.25, 0.3) is 0 Å². The average Bonchev–Trinajstić information content (AvgIpc) is 2.57. The maximum absolute atomic E-state index is 3.50. The maximum Gasteiger partial charge on any atom is 0.0107 e. The normalized spacial score (nSPS) is 32.2. The van der Waals surface area contributed by atoms with Crippen molar-refractivity contribution in [1.82, 2.24) is 10.2 Å². The Hall–Kier alpha value is -0.0800. The predicted octanol–water partition coefficient (Wildman–Crippen LogP) is 3.13. The van der Waals surface area contributed by atoms with Gasteiger partial charge in [-0.25, -0.2) is 0 Å². The topological polar surface area (TPSA) is 15.3 Å². The first-order chi connectivity index (χ1) is 8.55. The zero-order valence-corrected chi connectivity index (χ0v) is 12.7. The first-order valence-electron chi connectivity index (χ1n) is 7.99. The Morgan fingerprint density at radius 3 is 2.39 bits per heavy atom. The summed E-state index contributed by atoms with van der Waals surface area (Å²) in [6.45, 7) is 13.6. The minimum atomic E-state index is 0.525. The number of rotatable bonds is 2. The fraction of sp³-hybridized carbons (Fsp3) is 1.00. The van der Waals surface area contributed by atoms with Crippen LogP contribution in [0.15, 0.2) is 0 Å². The lowest BCUT2D eigenvalue weighted by molar-refractivity contribution is 0.126. The molecule has 0 aromatic rings. The van der Waals surface area contributed by atoms with Gasteiger partial charge in [0.2, 0.25) is 0 Å². The monoisotopic (exact) mass is 252 g/mol. The molecule has 0 aromatic heterocycles. The van der Waals surface area contributed by atoms with Crippen LogP contribution in [0.1, 0.15) is 52.9 Å². The third kappa shape index (κ3) is 4.24. The molecule has 2 heteroatoms. The zero-order valence-electron chi connectivity index (χ0n) is 12.7. The minimum absolute atomic E-state index is 0.525. The van der Waals surface area contributed by atoms with Gasteiger partial charge in [0.1, 0.15) is 0 Å². The van der Waals surface area contributed by atoms with E-state index in [0.29, 0.717) is 5.41 Å². The molecular weight excluding hydrogens is 220 g/mol. The van der Waals surface area contributed by atoms with Crippen LogP contribution < -0.4 is 5.32 Å². The Balaban J connectivity index is 1.72. The summed E-state index contributed by atoms with van der Waals surface area (Å²) in [7, 11) is 0. The number of nitrogens with one attached hydrogen (secondary N) is 1. The van der Waals surface area contributed by atoms with Gasteiger partial charge in [0.25, 0.3) is 0 Å². The Bertz CT molecular complexity index is 228. The summed E-state index contributed by atoms with van der Waals surface area (Å²) < 4.78 is 0. The molecule has 0 bridgehead atoms. The molecule has 0 amide bonds. The van der Waals surface area contributed by atoms with E-state index in [1.165, 1.54) is 64.8 Å². The van der Waals surface area contributed by atoms with Crippen molar-refractivity contribution in [2.24, 2.45) is 17.3 Å². The van der Waals surface area contributed by atoms with Crippen LogP contribution >= 0.6 is 0 Å². The third-order valence-electron chi connectivity index (χ3n) is 5.02. The van der Waals surface area contributed by atoms with E-state index >= 15 is 0 Å². The summed E-state index contributed by atoms with van der Waals surface area (Å²) >= 11 is 0. The largest absolute Gasteiger partial charge is 0.315 e. The molecule has 0 atom stereocenters. The molecule has 2 fully saturated rings. The molecule has 18 heavy (non-hydrogen) atoms. The van der Waals surface area contributed by atoms with E-state index in [-0.39, 0.29) is 0 Å². The summed E-state index contributed by atoms with van der Waals surface area (Å²) in [6, 6.07) is 0. The van der Waals surface area contributed by atoms with Gasteiger partial charge < -0.3 is 10.2 Å². The summed E-state index contributed by atoms with van der Waals surface area (Å²) in [5, 5.41) is 3.50. The first kappa shape index (κ1) is 14.3. The van der Waals surface area contributed by atoms with Crippen molar-refractivity contribution in [3.05, 3.63) is 0 Å². The van der Waals surface area contributed by atoms with Crippen molar-refractivity contribution in [3.63, 3.8) is 0 Å². The maximum atomic E-state index is 3.50. The summed E-state index contributed by atoms with van der Waals surface area (Å²) in [6.07, 6.45) is 7.18. The van der Waals surface area contributed by atoms with Gasteiger partial charge >= 0.3 is 0 Å². The van der Waals surface area contributed by atoms with Gasteiger partial charge in [-0.3, -0.25) is 0 Å². The summed E-state index contributed by atoms with van der Waals surface area (Å²) in [5.74, 6) is 1.93. The van der Waals surface area contributed by atoms with Crippen molar-refractivity contribution in [2.45, 2.75) is 52.9 Å². The molecule has 1 aliphatic heterocycles. The second-order valence-electron chi connectivity index (χ2n) is 7.49. The first-order valence-corrected chi connectivity index (χ1v) is 7.99. The Morgan fingerprint density at radius 2 is 1.72 bits per heavy atom. The van der Waals surface area contributed by atoms with Crippen LogP contribution in [-0.2, 0) is 0 Å². The highest BCUT2D eigenvalue weighted by molar-refractivity contribution is 4.82. The van der Waals surface area contributed by atoms with Crippen LogP contribution in [0, 0.1) is 17.3 Å². The number of nitrogens with zero attached hydrogens (tertiary/aromatic N) is 1. The van der Waals surface area contributed by atoms with Crippen LogP contribution in [0.2, 0.25) is 0 Å². The molecule has 0 spiro atoms. The van der Waals surface area contributed by atoms with Gasteiger partial charge in [-0.2, -0.15) is 0 Å². The standard InChI is InChI=1S/C16H32N2/c1-16(2,3)15-7-5-14(6-8-15)13-18-11-4-9-17-10-12-18/h14-15,17H,4-13H2,1-3H3. The fourth-order valence-corrected chi connectivity index (χ4v) is 3.66. The van der Waals surface area contributed by atoms with Crippen LogP contribution in [0.4, 0.5) is 0 Å². The lowest BCUT2D eigenvalue weighted by atomic mass is 9.70. The molecule has 0 radical (unpaired) electrons. The van der Waals surface area contributed by atoms with Gasteiger partial charge in [0, 0.05) is 19.6 Å². The highest BCUT2D eigenvalue weighted by atomic mass is 15.1. The fourth-order valence-electron chi connectivity index (χ4n) is 3.66. The molecule has 0 aromatic carbocycles. The molecule has 1 saturated heterocycles. The molecule has 2 nitrogen and oxygen atoms in total. The lowest BCUT2D eigenvalue weighted by Gasteiger charge is -2.38. The second-order valence-corrected chi connectivity index (χ2v) is 7.49. The summed E-state index contributed by atoms with van der Waals surface area (Å²) in [4.78, 5) is 2.70. The summed E-state index contributed by atoms with van der Waals surface area (Å²) in [5.41, 5.74) is 0.525. The van der Waals surface area contributed by atoms with Crippen molar-refractivity contribution in [1.29, 1.82) is 0 Å². The van der Waals surface area contributed by atoms with Gasteiger partial charge in [0.05, 0.1) is 0 Å². The molecule has 2 aliphatic rings. The molecule has 1 aliphatic carbocycles. The molecular formula is C16H32N2. The van der Waals surface area contributed by atoms with Gasteiger partial charge in [0.15, 0.2) is 0 Å². The molecule has 1 saturated carbocycles. The van der Waals surface area contributed by atoms with Crippen LogP contribution in [0.3, 0.4) is 0 Å². The molecule has 1 N–H and O–H groups in total. The predicted molar refractivity (Wildman–Crippen MR) is 78.8 cm³/mol. The second kappa shape index (κ2) is 6.38. The molecule has 1 heterocycles. The van der Waals surface area contributed by atoms with E-state index in [0.717, 1.165) is 11.8 Å². The molecule has 2 rings (SSSR count). The van der Waals surface area contributed by atoms with Crippen molar-refractivity contribution in [2.75, 3.05) is 32.7 Å². The van der Waals surface area contributed by atoms with E-state index in [1.54, 1.807) is 0 Å². The van der Waals surface area contributed by atoms with Crippen molar-refractivity contribution >= 4 is 0 Å². The van der Waals surface area contributed by atoms with E-state index in [9.17, 15) is 0 Å². The molecule has 0 unspecified atom stereocenters. The Kier molecular flexibility index (Phi) is 5.08. The average molecular weight is 252 g/mol. The Morgan fingerprint density at radius 1 is 1.00 bits per heavy atom. The third-order valence-corrected chi connectivity index (χ3v) is 5.02. The van der Waals surface area contributed by atoms with E-state index in [4.69, 9.17) is 0 Å². The van der Waals surface area contributed by atoms with Gasteiger partial charge in [-0.05, 0) is 62.4 Å². The van der Waals surface area contributed by atoms with Crippen molar-refractivity contribution < 1.29 is 0 Å². The smallest absolute Gasteiger partial charge is 0.0107 e. The van der Waals surface area contributed by atoms with Crippen LogP contribution in [0.5, 0.6) is 0 Å². The Labute approximate surface area is 114 Å². The minimum Gasteiger partial charge on any atom is -0.315 e. The van der Waals surface area contributed by atoms with Gasteiger partial charge in [-0.15, -0.1) is 0 Å². The number of hydrogen-bond donors (Lipinski definition) is 1. The SMILES string of the molecule is CC(C)(C)C1CCC(CN2CCCNCC2)CC1.